The van der Waals surface area contributed by atoms with Crippen LogP contribution in [0, 0.1) is 12.8 Å². The molecule has 1 heterocycles. The third kappa shape index (κ3) is 1.35. The van der Waals surface area contributed by atoms with Crippen molar-refractivity contribution in [1.29, 1.82) is 0 Å². The lowest BCUT2D eigenvalue weighted by atomic mass is 9.98. The molecule has 1 aromatic rings. The maximum atomic E-state index is 5.99. The summed E-state index contributed by atoms with van der Waals surface area (Å²) in [5.41, 5.74) is 0.0741. The third-order valence-corrected chi connectivity index (χ3v) is 3.18. The summed E-state index contributed by atoms with van der Waals surface area (Å²) in [7, 11) is 0. The first-order valence-electron chi connectivity index (χ1n) is 4.61. The van der Waals surface area contributed by atoms with Gasteiger partial charge in [0.15, 0.2) is 0 Å². The molecule has 2 rings (SSSR count). The second-order valence-corrected chi connectivity index (χ2v) is 4.62. The van der Waals surface area contributed by atoms with Crippen molar-refractivity contribution in [2.45, 2.75) is 39.2 Å². The molecule has 0 unspecified atom stereocenters. The second kappa shape index (κ2) is 2.71. The van der Waals surface area contributed by atoms with Gasteiger partial charge in [-0.3, -0.25) is 4.57 Å². The number of halogens is 1. The van der Waals surface area contributed by atoms with Crippen molar-refractivity contribution in [3.8, 4) is 0 Å². The van der Waals surface area contributed by atoms with E-state index in [1.165, 1.54) is 12.8 Å². The lowest BCUT2D eigenvalue weighted by Crippen LogP contribution is -2.29. The first-order chi connectivity index (χ1) is 6.03. The molecule has 13 heavy (non-hydrogen) atoms. The van der Waals surface area contributed by atoms with Gasteiger partial charge >= 0.3 is 0 Å². The van der Waals surface area contributed by atoms with Gasteiger partial charge in [0.05, 0.1) is 0 Å². The molecule has 1 saturated carbocycles. The van der Waals surface area contributed by atoms with E-state index in [0.717, 1.165) is 11.7 Å². The molecule has 0 radical (unpaired) electrons. The topological polar surface area (TPSA) is 30.7 Å². The standard InChI is InChI=1S/C9H14ClN3/c1-6-11-12-8(10)13(6)9(2,3)7-4-5-7/h7H,4-5H2,1-3H3. The smallest absolute Gasteiger partial charge is 0.225 e. The molecule has 72 valence electrons. The van der Waals surface area contributed by atoms with Crippen LogP contribution < -0.4 is 0 Å². The zero-order valence-electron chi connectivity index (χ0n) is 8.21. The van der Waals surface area contributed by atoms with Gasteiger partial charge in [-0.05, 0) is 51.1 Å². The van der Waals surface area contributed by atoms with Crippen molar-refractivity contribution in [2.75, 3.05) is 0 Å². The highest BCUT2D eigenvalue weighted by atomic mass is 35.5. The number of aryl methyl sites for hydroxylation is 1. The number of hydrogen-bond donors (Lipinski definition) is 0. The lowest BCUT2D eigenvalue weighted by molar-refractivity contribution is 0.298. The normalized spacial score (nSPS) is 17.8. The summed E-state index contributed by atoms with van der Waals surface area (Å²) in [6.45, 7) is 6.35. The van der Waals surface area contributed by atoms with Gasteiger partial charge in [0, 0.05) is 5.54 Å². The van der Waals surface area contributed by atoms with Gasteiger partial charge < -0.3 is 0 Å². The number of rotatable bonds is 2. The Bertz CT molecular complexity index is 306. The molecule has 0 N–H and O–H groups in total. The summed E-state index contributed by atoms with van der Waals surface area (Å²) in [5.74, 6) is 1.64. The average Bonchev–Trinajstić information content (AvgIpc) is 2.79. The van der Waals surface area contributed by atoms with E-state index in [1.807, 2.05) is 11.5 Å². The van der Waals surface area contributed by atoms with E-state index in [1.54, 1.807) is 0 Å². The van der Waals surface area contributed by atoms with Crippen LogP contribution >= 0.6 is 11.6 Å². The molecule has 0 bridgehead atoms. The van der Waals surface area contributed by atoms with Crippen molar-refractivity contribution < 1.29 is 0 Å². The van der Waals surface area contributed by atoms with Crippen LogP contribution in [0.15, 0.2) is 0 Å². The summed E-state index contributed by atoms with van der Waals surface area (Å²) in [6.07, 6.45) is 2.59. The maximum Gasteiger partial charge on any atom is 0.225 e. The Kier molecular flexibility index (Phi) is 1.88. The summed E-state index contributed by atoms with van der Waals surface area (Å²) in [6, 6.07) is 0. The van der Waals surface area contributed by atoms with E-state index in [9.17, 15) is 0 Å². The monoisotopic (exact) mass is 199 g/mol. The Labute approximate surface area is 83.1 Å². The Balaban J connectivity index is 2.42. The van der Waals surface area contributed by atoms with Crippen LogP contribution in [0.4, 0.5) is 0 Å². The Morgan fingerprint density at radius 1 is 1.38 bits per heavy atom. The highest BCUT2D eigenvalue weighted by Gasteiger charge is 2.41. The minimum atomic E-state index is 0.0741. The predicted octanol–water partition coefficient (Wildman–Crippen LogP) is 2.39. The number of nitrogens with zero attached hydrogens (tertiary/aromatic N) is 3. The van der Waals surface area contributed by atoms with E-state index in [0.29, 0.717) is 5.28 Å². The summed E-state index contributed by atoms with van der Waals surface area (Å²) >= 11 is 5.99. The molecule has 0 aliphatic heterocycles. The van der Waals surface area contributed by atoms with Gasteiger partial charge in [-0.2, -0.15) is 0 Å². The molecular weight excluding hydrogens is 186 g/mol. The Hall–Kier alpha value is -0.570. The Morgan fingerprint density at radius 2 is 2.00 bits per heavy atom. The summed E-state index contributed by atoms with van der Waals surface area (Å²) in [5, 5.41) is 8.35. The first-order valence-corrected chi connectivity index (χ1v) is 4.99. The first kappa shape index (κ1) is 9.00. The van der Waals surface area contributed by atoms with Gasteiger partial charge in [-0.25, -0.2) is 0 Å². The highest BCUT2D eigenvalue weighted by Crippen LogP contribution is 2.45. The minimum Gasteiger partial charge on any atom is -0.296 e. The highest BCUT2D eigenvalue weighted by molar-refractivity contribution is 6.28. The quantitative estimate of drug-likeness (QED) is 0.733. The van der Waals surface area contributed by atoms with Gasteiger partial charge in [-0.15, -0.1) is 10.2 Å². The molecule has 4 heteroatoms. The van der Waals surface area contributed by atoms with E-state index in [-0.39, 0.29) is 5.54 Å². The van der Waals surface area contributed by atoms with Crippen LogP contribution in [-0.4, -0.2) is 14.8 Å². The van der Waals surface area contributed by atoms with Gasteiger partial charge in [0.2, 0.25) is 5.28 Å². The maximum absolute atomic E-state index is 5.99. The number of hydrogen-bond acceptors (Lipinski definition) is 2. The zero-order valence-corrected chi connectivity index (χ0v) is 8.97. The van der Waals surface area contributed by atoms with Crippen LogP contribution in [-0.2, 0) is 5.54 Å². The largest absolute Gasteiger partial charge is 0.296 e. The van der Waals surface area contributed by atoms with Crippen LogP contribution in [0.25, 0.3) is 0 Å². The van der Waals surface area contributed by atoms with E-state index < -0.39 is 0 Å². The molecule has 3 nitrogen and oxygen atoms in total. The second-order valence-electron chi connectivity index (χ2n) is 4.28. The lowest BCUT2D eigenvalue weighted by Gasteiger charge is -2.27. The molecule has 0 aromatic carbocycles. The molecule has 0 amide bonds. The molecule has 0 atom stereocenters. The van der Waals surface area contributed by atoms with E-state index in [2.05, 4.69) is 24.0 Å². The van der Waals surface area contributed by atoms with Crippen molar-refractivity contribution in [2.24, 2.45) is 5.92 Å². The number of aromatic nitrogens is 3. The molecule has 1 aliphatic carbocycles. The summed E-state index contributed by atoms with van der Waals surface area (Å²) < 4.78 is 2.03. The average molecular weight is 200 g/mol. The molecule has 1 aromatic heterocycles. The van der Waals surface area contributed by atoms with Crippen LogP contribution in [0.2, 0.25) is 5.28 Å². The fourth-order valence-electron chi connectivity index (χ4n) is 1.96. The molecule has 1 aliphatic rings. The van der Waals surface area contributed by atoms with Crippen LogP contribution in [0.1, 0.15) is 32.5 Å². The molecular formula is C9H14ClN3. The van der Waals surface area contributed by atoms with Crippen LogP contribution in [0.3, 0.4) is 0 Å². The zero-order chi connectivity index (χ0) is 9.64. The van der Waals surface area contributed by atoms with E-state index >= 15 is 0 Å². The molecule has 1 fully saturated rings. The van der Waals surface area contributed by atoms with Crippen molar-refractivity contribution in [3.05, 3.63) is 11.1 Å². The van der Waals surface area contributed by atoms with Crippen LogP contribution in [0.5, 0.6) is 0 Å². The molecule has 0 spiro atoms. The van der Waals surface area contributed by atoms with Gasteiger partial charge in [-0.1, -0.05) is 0 Å². The van der Waals surface area contributed by atoms with Crippen molar-refractivity contribution >= 4 is 11.6 Å². The summed E-state index contributed by atoms with van der Waals surface area (Å²) in [4.78, 5) is 0. The van der Waals surface area contributed by atoms with E-state index in [4.69, 9.17) is 11.6 Å². The van der Waals surface area contributed by atoms with Gasteiger partial charge in [0.25, 0.3) is 0 Å². The fourth-order valence-corrected chi connectivity index (χ4v) is 2.34. The van der Waals surface area contributed by atoms with Crippen molar-refractivity contribution in [1.82, 2.24) is 14.8 Å². The molecule has 0 saturated heterocycles. The Morgan fingerprint density at radius 3 is 2.38 bits per heavy atom. The predicted molar refractivity (Wildman–Crippen MR) is 51.8 cm³/mol. The fraction of sp³-hybridized carbons (Fsp3) is 0.778. The van der Waals surface area contributed by atoms with Crippen molar-refractivity contribution in [3.63, 3.8) is 0 Å². The third-order valence-electron chi connectivity index (χ3n) is 2.94. The minimum absolute atomic E-state index is 0.0741. The van der Waals surface area contributed by atoms with Gasteiger partial charge in [0.1, 0.15) is 5.82 Å². The SMILES string of the molecule is Cc1nnc(Cl)n1C(C)(C)C1CC1.